The molecule has 1 aliphatic rings. The minimum atomic E-state index is -1.98. The highest BCUT2D eigenvalue weighted by molar-refractivity contribution is 5.67. The first kappa shape index (κ1) is 21.8. The molecule has 1 heterocycles. The fraction of sp³-hybridized carbons (Fsp3) is 0.526. The molecule has 154 valence electrons. The van der Waals surface area contributed by atoms with Crippen LogP contribution in [0.4, 0.5) is 4.39 Å². The number of halogens is 1. The third-order valence-corrected chi connectivity index (χ3v) is 3.89. The predicted octanol–water partition coefficient (Wildman–Crippen LogP) is 1.69. The zero-order chi connectivity index (χ0) is 20.7. The van der Waals surface area contributed by atoms with E-state index in [9.17, 15) is 18.8 Å². The fourth-order valence-electron chi connectivity index (χ4n) is 2.75. The molecule has 0 aromatic heterocycles. The monoisotopic (exact) mass is 398 g/mol. The average molecular weight is 398 g/mol. The Morgan fingerprint density at radius 3 is 2.18 bits per heavy atom. The van der Waals surface area contributed by atoms with E-state index in [1.54, 1.807) is 12.1 Å². The number of rotatable bonds is 7. The van der Waals surface area contributed by atoms with E-state index >= 15 is 0 Å². The molecular formula is C19H23FO8. The van der Waals surface area contributed by atoms with Crippen molar-refractivity contribution in [2.24, 2.45) is 0 Å². The molecule has 2 rings (SSSR count). The number of alkyl halides is 1. The van der Waals surface area contributed by atoms with Gasteiger partial charge in [-0.2, -0.15) is 0 Å². The smallest absolute Gasteiger partial charge is 0.305 e. The van der Waals surface area contributed by atoms with Crippen LogP contribution < -0.4 is 0 Å². The zero-order valence-electron chi connectivity index (χ0n) is 15.8. The molecular weight excluding hydrogens is 375 g/mol. The minimum absolute atomic E-state index is 0.0775. The van der Waals surface area contributed by atoms with Crippen LogP contribution in [0.1, 0.15) is 26.3 Å². The van der Waals surface area contributed by atoms with Gasteiger partial charge in [-0.1, -0.05) is 30.3 Å². The number of carbonyl (C=O) groups excluding carboxylic acids is 3. The van der Waals surface area contributed by atoms with Gasteiger partial charge >= 0.3 is 17.9 Å². The quantitative estimate of drug-likeness (QED) is 0.506. The topological polar surface area (TPSA) is 97.4 Å². The molecule has 0 N–H and O–H groups in total. The number of hydrogen-bond acceptors (Lipinski definition) is 8. The molecule has 1 saturated heterocycles. The van der Waals surface area contributed by atoms with Gasteiger partial charge in [-0.05, 0) is 5.56 Å². The molecule has 0 bridgehead atoms. The summed E-state index contributed by atoms with van der Waals surface area (Å²) in [6.45, 7) is 3.20. The Kier molecular flexibility index (Phi) is 7.89. The predicted molar refractivity (Wildman–Crippen MR) is 92.5 cm³/mol. The summed E-state index contributed by atoms with van der Waals surface area (Å²) in [5, 5.41) is 0. The van der Waals surface area contributed by atoms with E-state index in [-0.39, 0.29) is 13.2 Å². The van der Waals surface area contributed by atoms with Crippen LogP contribution >= 0.6 is 0 Å². The molecule has 1 fully saturated rings. The minimum Gasteiger partial charge on any atom is -0.463 e. The summed E-state index contributed by atoms with van der Waals surface area (Å²) in [5.41, 5.74) is 0.799. The number of hydrogen-bond donors (Lipinski definition) is 0. The van der Waals surface area contributed by atoms with Crippen molar-refractivity contribution >= 4 is 17.9 Å². The number of ether oxygens (including phenoxy) is 5. The van der Waals surface area contributed by atoms with Gasteiger partial charge in [0.2, 0.25) is 12.5 Å². The van der Waals surface area contributed by atoms with E-state index < -0.39 is 48.7 Å². The lowest BCUT2D eigenvalue weighted by Crippen LogP contribution is -2.60. The molecule has 1 aromatic rings. The van der Waals surface area contributed by atoms with Gasteiger partial charge in [0.25, 0.3) is 0 Å². The standard InChI is InChI=1S/C19H23FO8/c1-11(21)24-10-15-17(25-9-14-7-5-4-6-8-14)18(26-12(2)22)16(20)19(28-15)27-13(3)23/h4-8,15-19H,9-10H2,1-3H3/t15-,16-,17-,18-,19?/m1/s1. The maximum Gasteiger partial charge on any atom is 0.305 e. The van der Waals surface area contributed by atoms with Crippen LogP contribution in [0.5, 0.6) is 0 Å². The van der Waals surface area contributed by atoms with Crippen molar-refractivity contribution in [2.45, 2.75) is 58.2 Å². The number of carbonyl (C=O) groups is 3. The third-order valence-electron chi connectivity index (χ3n) is 3.89. The molecule has 8 nitrogen and oxygen atoms in total. The fourth-order valence-corrected chi connectivity index (χ4v) is 2.75. The Bertz CT molecular complexity index is 680. The summed E-state index contributed by atoms with van der Waals surface area (Å²) in [4.78, 5) is 34.0. The SMILES string of the molecule is CC(=O)OC[C@H]1OC(OC(C)=O)[C@H](F)[C@@H](OC(C)=O)[C@@H]1OCc1ccccc1. The molecule has 0 spiro atoms. The van der Waals surface area contributed by atoms with Crippen molar-refractivity contribution in [3.05, 3.63) is 35.9 Å². The highest BCUT2D eigenvalue weighted by Gasteiger charge is 2.51. The molecule has 0 amide bonds. The second-order valence-corrected chi connectivity index (χ2v) is 6.23. The van der Waals surface area contributed by atoms with E-state index in [0.717, 1.165) is 19.4 Å². The van der Waals surface area contributed by atoms with Crippen LogP contribution in [0, 0.1) is 0 Å². The largest absolute Gasteiger partial charge is 0.463 e. The van der Waals surface area contributed by atoms with E-state index in [2.05, 4.69) is 0 Å². The first-order valence-corrected chi connectivity index (χ1v) is 8.70. The van der Waals surface area contributed by atoms with Crippen LogP contribution in [0.25, 0.3) is 0 Å². The Morgan fingerprint density at radius 2 is 1.61 bits per heavy atom. The molecule has 0 saturated carbocycles. The Labute approximate surface area is 161 Å². The van der Waals surface area contributed by atoms with Crippen LogP contribution in [-0.2, 0) is 44.7 Å². The maximum absolute atomic E-state index is 14.9. The summed E-state index contributed by atoms with van der Waals surface area (Å²) in [6.07, 6.45) is -7.14. The number of benzene rings is 1. The summed E-state index contributed by atoms with van der Waals surface area (Å²) in [5.74, 6) is -2.10. The van der Waals surface area contributed by atoms with E-state index in [1.165, 1.54) is 6.92 Å². The van der Waals surface area contributed by atoms with E-state index in [4.69, 9.17) is 23.7 Å². The molecule has 1 aromatic carbocycles. The van der Waals surface area contributed by atoms with Crippen LogP contribution in [0.3, 0.4) is 0 Å². The van der Waals surface area contributed by atoms with Gasteiger partial charge in [-0.25, -0.2) is 4.39 Å². The zero-order valence-corrected chi connectivity index (χ0v) is 15.8. The van der Waals surface area contributed by atoms with E-state index in [1.807, 2.05) is 18.2 Å². The summed E-state index contributed by atoms with van der Waals surface area (Å²) in [7, 11) is 0. The lowest BCUT2D eigenvalue weighted by Gasteiger charge is -2.41. The van der Waals surface area contributed by atoms with E-state index in [0.29, 0.717) is 0 Å². The van der Waals surface area contributed by atoms with Crippen molar-refractivity contribution < 1.29 is 42.5 Å². The van der Waals surface area contributed by atoms with Crippen molar-refractivity contribution in [3.63, 3.8) is 0 Å². The van der Waals surface area contributed by atoms with Crippen LogP contribution in [-0.4, -0.2) is 55.3 Å². The van der Waals surface area contributed by atoms with Gasteiger partial charge < -0.3 is 23.7 Å². The Balaban J connectivity index is 2.24. The molecule has 5 atom stereocenters. The average Bonchev–Trinajstić information content (AvgIpc) is 2.62. The molecule has 1 unspecified atom stereocenters. The molecule has 28 heavy (non-hydrogen) atoms. The van der Waals surface area contributed by atoms with Gasteiger partial charge in [0.05, 0.1) is 6.61 Å². The Morgan fingerprint density at radius 1 is 0.964 bits per heavy atom. The van der Waals surface area contributed by atoms with Gasteiger partial charge in [-0.3, -0.25) is 14.4 Å². The van der Waals surface area contributed by atoms with Gasteiger partial charge in [0.15, 0.2) is 6.10 Å². The van der Waals surface area contributed by atoms with Crippen molar-refractivity contribution in [1.82, 2.24) is 0 Å². The van der Waals surface area contributed by atoms with Crippen LogP contribution in [0.2, 0.25) is 0 Å². The lowest BCUT2D eigenvalue weighted by atomic mass is 9.99. The second-order valence-electron chi connectivity index (χ2n) is 6.23. The summed E-state index contributed by atoms with van der Waals surface area (Å²) >= 11 is 0. The molecule has 1 aliphatic heterocycles. The molecule has 9 heteroatoms. The normalized spacial score (nSPS) is 26.9. The van der Waals surface area contributed by atoms with Gasteiger partial charge in [-0.15, -0.1) is 0 Å². The Hall–Kier alpha value is -2.52. The van der Waals surface area contributed by atoms with Crippen LogP contribution in [0.15, 0.2) is 30.3 Å². The summed E-state index contributed by atoms with van der Waals surface area (Å²) < 4.78 is 41.1. The van der Waals surface area contributed by atoms with Crippen molar-refractivity contribution in [2.75, 3.05) is 6.61 Å². The maximum atomic E-state index is 14.9. The van der Waals surface area contributed by atoms with Gasteiger partial charge in [0.1, 0.15) is 18.8 Å². The number of esters is 3. The molecule has 0 radical (unpaired) electrons. The first-order chi connectivity index (χ1) is 13.3. The third kappa shape index (κ3) is 6.28. The first-order valence-electron chi connectivity index (χ1n) is 8.70. The highest BCUT2D eigenvalue weighted by Crippen LogP contribution is 2.30. The summed E-state index contributed by atoms with van der Waals surface area (Å²) in [6, 6.07) is 9.06. The second kappa shape index (κ2) is 10.1. The van der Waals surface area contributed by atoms with Crippen molar-refractivity contribution in [3.8, 4) is 0 Å². The van der Waals surface area contributed by atoms with Gasteiger partial charge in [0, 0.05) is 20.8 Å². The van der Waals surface area contributed by atoms with Crippen molar-refractivity contribution in [1.29, 1.82) is 0 Å². The highest BCUT2D eigenvalue weighted by atomic mass is 19.1. The lowest BCUT2D eigenvalue weighted by molar-refractivity contribution is -0.290. The molecule has 0 aliphatic carbocycles.